The molecule has 0 fully saturated rings. The van der Waals surface area contributed by atoms with Crippen molar-refractivity contribution in [2.75, 3.05) is 0 Å². The maximum absolute atomic E-state index is 5.90. The Morgan fingerprint density at radius 3 is 2.12 bits per heavy atom. The van der Waals surface area contributed by atoms with E-state index < -0.39 is 0 Å². The van der Waals surface area contributed by atoms with Crippen LogP contribution in [0.1, 0.15) is 22.3 Å². The highest BCUT2D eigenvalue weighted by molar-refractivity contribution is 6.17. The fourth-order valence-corrected chi connectivity index (χ4v) is 2.36. The topological polar surface area (TPSA) is 0 Å². The summed E-state index contributed by atoms with van der Waals surface area (Å²) >= 11 is 5.90. The Balaban J connectivity index is 2.58. The number of hydrogen-bond acceptors (Lipinski definition) is 0. The van der Waals surface area contributed by atoms with Gasteiger partial charge in [-0.3, -0.25) is 0 Å². The van der Waals surface area contributed by atoms with E-state index >= 15 is 0 Å². The van der Waals surface area contributed by atoms with Gasteiger partial charge in [0.1, 0.15) is 0 Å². The number of alkyl halides is 1. The van der Waals surface area contributed by atoms with E-state index in [4.69, 9.17) is 11.6 Å². The molecule has 1 heteroatoms. The number of hydrogen-bond donors (Lipinski definition) is 0. The van der Waals surface area contributed by atoms with Crippen LogP contribution in [0.25, 0.3) is 11.1 Å². The first kappa shape index (κ1) is 12.2. The molecule has 0 saturated carbocycles. The lowest BCUT2D eigenvalue weighted by Gasteiger charge is -2.10. The third kappa shape index (κ3) is 2.70. The van der Waals surface area contributed by atoms with Crippen LogP contribution in [0.2, 0.25) is 0 Å². The van der Waals surface area contributed by atoms with Crippen molar-refractivity contribution in [3.63, 3.8) is 0 Å². The van der Waals surface area contributed by atoms with Crippen LogP contribution < -0.4 is 0 Å². The van der Waals surface area contributed by atoms with Crippen LogP contribution in [0, 0.1) is 20.8 Å². The minimum Gasteiger partial charge on any atom is -0.122 e. The Hall–Kier alpha value is -1.27. The maximum Gasteiger partial charge on any atom is 0.0474 e. The van der Waals surface area contributed by atoms with E-state index in [0.717, 1.165) is 0 Å². The van der Waals surface area contributed by atoms with Gasteiger partial charge in [-0.1, -0.05) is 41.5 Å². The second-order valence-corrected chi connectivity index (χ2v) is 4.93. The molecule has 0 aliphatic rings. The Morgan fingerprint density at radius 1 is 0.882 bits per heavy atom. The van der Waals surface area contributed by atoms with E-state index in [1.807, 2.05) is 0 Å². The molecule has 0 saturated heterocycles. The minimum absolute atomic E-state index is 0.568. The molecule has 0 nitrogen and oxygen atoms in total. The average molecular weight is 245 g/mol. The van der Waals surface area contributed by atoms with E-state index in [1.54, 1.807) is 0 Å². The highest BCUT2D eigenvalue weighted by Crippen LogP contribution is 2.27. The van der Waals surface area contributed by atoms with Gasteiger partial charge in [0.2, 0.25) is 0 Å². The van der Waals surface area contributed by atoms with Crippen molar-refractivity contribution in [1.82, 2.24) is 0 Å². The summed E-state index contributed by atoms with van der Waals surface area (Å²) in [5.74, 6) is 0.568. The van der Waals surface area contributed by atoms with Gasteiger partial charge in [-0.05, 0) is 49.1 Å². The normalized spacial score (nSPS) is 10.6. The standard InChI is InChI=1S/C16H17Cl/c1-11-6-12(2)8-15(7-11)16-9-14(10-17)5-4-13(16)3/h4-9H,10H2,1-3H3. The quantitative estimate of drug-likeness (QED) is 0.651. The van der Waals surface area contributed by atoms with Gasteiger partial charge in [-0.25, -0.2) is 0 Å². The van der Waals surface area contributed by atoms with Crippen LogP contribution >= 0.6 is 11.6 Å². The summed E-state index contributed by atoms with van der Waals surface area (Å²) in [7, 11) is 0. The van der Waals surface area contributed by atoms with Crippen molar-refractivity contribution < 1.29 is 0 Å². The molecule has 0 radical (unpaired) electrons. The van der Waals surface area contributed by atoms with Crippen molar-refractivity contribution in [1.29, 1.82) is 0 Å². The molecule has 0 bridgehead atoms. The molecule has 0 aromatic heterocycles. The average Bonchev–Trinajstić information content (AvgIpc) is 2.28. The van der Waals surface area contributed by atoms with Crippen molar-refractivity contribution in [2.45, 2.75) is 26.7 Å². The van der Waals surface area contributed by atoms with Crippen LogP contribution in [0.15, 0.2) is 36.4 Å². The van der Waals surface area contributed by atoms with Gasteiger partial charge >= 0.3 is 0 Å². The first-order valence-electron chi connectivity index (χ1n) is 5.84. The first-order chi connectivity index (χ1) is 8.10. The molecule has 17 heavy (non-hydrogen) atoms. The third-order valence-corrected chi connectivity index (χ3v) is 3.30. The van der Waals surface area contributed by atoms with Gasteiger partial charge in [0.25, 0.3) is 0 Å². The summed E-state index contributed by atoms with van der Waals surface area (Å²) in [6.45, 7) is 6.42. The Bertz CT molecular complexity index is 521. The predicted octanol–water partition coefficient (Wildman–Crippen LogP) is 5.02. The summed E-state index contributed by atoms with van der Waals surface area (Å²) in [4.78, 5) is 0. The highest BCUT2D eigenvalue weighted by Gasteiger charge is 2.04. The molecule has 0 aliphatic carbocycles. The second kappa shape index (κ2) is 4.93. The van der Waals surface area contributed by atoms with E-state index in [-0.39, 0.29) is 0 Å². The van der Waals surface area contributed by atoms with Crippen LogP contribution in [0.5, 0.6) is 0 Å². The number of rotatable bonds is 2. The Morgan fingerprint density at radius 2 is 1.53 bits per heavy atom. The monoisotopic (exact) mass is 244 g/mol. The molecule has 0 amide bonds. The second-order valence-electron chi connectivity index (χ2n) is 4.66. The van der Waals surface area contributed by atoms with Gasteiger partial charge in [-0.2, -0.15) is 0 Å². The minimum atomic E-state index is 0.568. The van der Waals surface area contributed by atoms with E-state index in [9.17, 15) is 0 Å². The first-order valence-corrected chi connectivity index (χ1v) is 6.38. The van der Waals surface area contributed by atoms with Crippen LogP contribution in [-0.4, -0.2) is 0 Å². The Kier molecular flexibility index (Phi) is 3.54. The lowest BCUT2D eigenvalue weighted by Crippen LogP contribution is -1.88. The van der Waals surface area contributed by atoms with Crippen LogP contribution in [0.3, 0.4) is 0 Å². The molecule has 0 aliphatic heterocycles. The van der Waals surface area contributed by atoms with Crippen molar-refractivity contribution in [3.05, 3.63) is 58.7 Å². The van der Waals surface area contributed by atoms with Gasteiger partial charge in [0.05, 0.1) is 0 Å². The molecular formula is C16H17Cl. The summed E-state index contributed by atoms with van der Waals surface area (Å²) in [5.41, 5.74) is 7.64. The molecule has 0 heterocycles. The summed E-state index contributed by atoms with van der Waals surface area (Å²) in [6, 6.07) is 13.1. The summed E-state index contributed by atoms with van der Waals surface area (Å²) in [5, 5.41) is 0. The van der Waals surface area contributed by atoms with Crippen LogP contribution in [-0.2, 0) is 5.88 Å². The zero-order valence-corrected chi connectivity index (χ0v) is 11.3. The maximum atomic E-state index is 5.90. The highest BCUT2D eigenvalue weighted by atomic mass is 35.5. The zero-order chi connectivity index (χ0) is 12.4. The molecule has 88 valence electrons. The largest absolute Gasteiger partial charge is 0.122 e. The molecule has 2 aromatic carbocycles. The molecule has 2 rings (SSSR count). The summed E-state index contributed by atoms with van der Waals surface area (Å²) < 4.78 is 0. The molecular weight excluding hydrogens is 228 g/mol. The SMILES string of the molecule is Cc1cc(C)cc(-c2cc(CCl)ccc2C)c1. The van der Waals surface area contributed by atoms with E-state index in [2.05, 4.69) is 57.2 Å². The van der Waals surface area contributed by atoms with E-state index in [1.165, 1.54) is 33.4 Å². The van der Waals surface area contributed by atoms with Gasteiger partial charge < -0.3 is 0 Å². The summed E-state index contributed by atoms with van der Waals surface area (Å²) in [6.07, 6.45) is 0. The van der Waals surface area contributed by atoms with E-state index in [0.29, 0.717) is 5.88 Å². The van der Waals surface area contributed by atoms with Gasteiger partial charge in [0, 0.05) is 5.88 Å². The smallest absolute Gasteiger partial charge is 0.0474 e. The van der Waals surface area contributed by atoms with Crippen molar-refractivity contribution in [2.24, 2.45) is 0 Å². The Labute approximate surface area is 108 Å². The lowest BCUT2D eigenvalue weighted by atomic mass is 9.96. The molecule has 0 atom stereocenters. The fourth-order valence-electron chi connectivity index (χ4n) is 2.19. The van der Waals surface area contributed by atoms with Gasteiger partial charge in [-0.15, -0.1) is 11.6 Å². The number of benzene rings is 2. The van der Waals surface area contributed by atoms with Crippen molar-refractivity contribution in [3.8, 4) is 11.1 Å². The number of aryl methyl sites for hydroxylation is 3. The third-order valence-electron chi connectivity index (χ3n) is 2.99. The molecule has 0 unspecified atom stereocenters. The van der Waals surface area contributed by atoms with Crippen molar-refractivity contribution >= 4 is 11.6 Å². The molecule has 0 N–H and O–H groups in total. The molecule has 0 spiro atoms. The molecule has 2 aromatic rings. The zero-order valence-electron chi connectivity index (χ0n) is 10.5. The lowest BCUT2D eigenvalue weighted by molar-refractivity contribution is 1.33. The number of halogens is 1. The fraction of sp³-hybridized carbons (Fsp3) is 0.250. The predicted molar refractivity (Wildman–Crippen MR) is 75.6 cm³/mol. The van der Waals surface area contributed by atoms with Gasteiger partial charge in [0.15, 0.2) is 0 Å². The van der Waals surface area contributed by atoms with Crippen LogP contribution in [0.4, 0.5) is 0 Å².